The second kappa shape index (κ2) is 6.06. The van der Waals surface area contributed by atoms with Crippen molar-refractivity contribution in [1.29, 1.82) is 0 Å². The summed E-state index contributed by atoms with van der Waals surface area (Å²) in [6.45, 7) is 5.29. The Morgan fingerprint density at radius 3 is 3.05 bits per heavy atom. The van der Waals surface area contributed by atoms with Gasteiger partial charge in [-0.15, -0.1) is 11.3 Å². The lowest BCUT2D eigenvalue weighted by Crippen LogP contribution is -2.21. The van der Waals surface area contributed by atoms with Crippen LogP contribution < -0.4 is 5.32 Å². The monoisotopic (exact) mass is 286 g/mol. The highest BCUT2D eigenvalue weighted by molar-refractivity contribution is 7.11. The Bertz CT molecular complexity index is 574. The zero-order chi connectivity index (χ0) is 13.9. The van der Waals surface area contributed by atoms with E-state index in [-0.39, 0.29) is 0 Å². The molecule has 1 aliphatic carbocycles. The molecule has 0 bridgehead atoms. The van der Waals surface area contributed by atoms with Gasteiger partial charge in [0.25, 0.3) is 0 Å². The summed E-state index contributed by atoms with van der Waals surface area (Å²) < 4.78 is 0. The van der Waals surface area contributed by atoms with Crippen LogP contribution >= 0.6 is 11.3 Å². The second-order valence-electron chi connectivity index (χ2n) is 5.84. The van der Waals surface area contributed by atoms with Crippen LogP contribution in [0.3, 0.4) is 0 Å². The number of nitrogens with zero attached hydrogens (tertiary/aromatic N) is 1. The van der Waals surface area contributed by atoms with E-state index in [9.17, 15) is 0 Å². The van der Waals surface area contributed by atoms with Crippen LogP contribution in [0.15, 0.2) is 30.5 Å². The molecular weight excluding hydrogens is 264 g/mol. The molecule has 1 aromatic carbocycles. The van der Waals surface area contributed by atoms with Gasteiger partial charge in [0.15, 0.2) is 0 Å². The van der Waals surface area contributed by atoms with E-state index in [0.717, 1.165) is 6.54 Å². The van der Waals surface area contributed by atoms with Crippen molar-refractivity contribution in [3.63, 3.8) is 0 Å². The van der Waals surface area contributed by atoms with E-state index >= 15 is 0 Å². The standard InChI is InChI=1S/C17H22N2S/c1-12(2)18-10-14-11-19-17(20-14)16-9-5-7-13-6-3-4-8-15(13)16/h3-4,6,8,11-12,16,18H,5,7,9-10H2,1-2H3. The second-order valence-corrected chi connectivity index (χ2v) is 6.99. The van der Waals surface area contributed by atoms with Crippen molar-refractivity contribution in [2.75, 3.05) is 0 Å². The van der Waals surface area contributed by atoms with Crippen LogP contribution in [0.1, 0.15) is 53.6 Å². The van der Waals surface area contributed by atoms with Gasteiger partial charge >= 0.3 is 0 Å². The molecule has 2 aromatic rings. The van der Waals surface area contributed by atoms with E-state index in [1.54, 1.807) is 0 Å². The van der Waals surface area contributed by atoms with Gasteiger partial charge in [0, 0.05) is 29.6 Å². The zero-order valence-corrected chi connectivity index (χ0v) is 13.0. The molecule has 0 radical (unpaired) electrons. The average molecular weight is 286 g/mol. The van der Waals surface area contributed by atoms with E-state index in [0.29, 0.717) is 12.0 Å². The van der Waals surface area contributed by atoms with Gasteiger partial charge in [0.1, 0.15) is 5.01 Å². The molecule has 0 saturated heterocycles. The fourth-order valence-corrected chi connectivity index (χ4v) is 3.90. The molecule has 1 heterocycles. The van der Waals surface area contributed by atoms with Crippen LogP contribution in [0.4, 0.5) is 0 Å². The maximum absolute atomic E-state index is 4.70. The number of nitrogens with one attached hydrogen (secondary N) is 1. The minimum atomic E-state index is 0.512. The van der Waals surface area contributed by atoms with Crippen molar-refractivity contribution >= 4 is 11.3 Å². The van der Waals surface area contributed by atoms with Crippen LogP contribution in [-0.2, 0) is 13.0 Å². The highest BCUT2D eigenvalue weighted by Crippen LogP contribution is 2.38. The summed E-state index contributed by atoms with van der Waals surface area (Å²) in [4.78, 5) is 6.04. The lowest BCUT2D eigenvalue weighted by molar-refractivity contribution is 0.592. The maximum atomic E-state index is 4.70. The largest absolute Gasteiger partial charge is 0.310 e. The fraction of sp³-hybridized carbons (Fsp3) is 0.471. The number of benzene rings is 1. The Labute approximate surface area is 125 Å². The van der Waals surface area contributed by atoms with Crippen molar-refractivity contribution in [1.82, 2.24) is 10.3 Å². The molecule has 3 rings (SSSR count). The Hall–Kier alpha value is -1.19. The molecular formula is C17H22N2S. The van der Waals surface area contributed by atoms with E-state index in [2.05, 4.69) is 43.4 Å². The number of hydrogen-bond donors (Lipinski definition) is 1. The zero-order valence-electron chi connectivity index (χ0n) is 12.2. The van der Waals surface area contributed by atoms with Gasteiger partial charge in [-0.25, -0.2) is 4.98 Å². The quantitative estimate of drug-likeness (QED) is 0.915. The molecule has 20 heavy (non-hydrogen) atoms. The third-order valence-corrected chi connectivity index (χ3v) is 5.03. The molecule has 0 saturated carbocycles. The van der Waals surface area contributed by atoms with Crippen LogP contribution in [0, 0.1) is 0 Å². The first-order valence-corrected chi connectivity index (χ1v) is 8.31. The lowest BCUT2D eigenvalue weighted by atomic mass is 9.83. The van der Waals surface area contributed by atoms with Crippen molar-refractivity contribution < 1.29 is 0 Å². The third kappa shape index (κ3) is 2.94. The summed E-state index contributed by atoms with van der Waals surface area (Å²) in [7, 11) is 0. The molecule has 0 fully saturated rings. The summed E-state index contributed by atoms with van der Waals surface area (Å²) in [5.74, 6) is 0.512. The molecule has 1 aromatic heterocycles. The first-order valence-electron chi connectivity index (χ1n) is 7.50. The predicted molar refractivity (Wildman–Crippen MR) is 85.3 cm³/mol. The van der Waals surface area contributed by atoms with Gasteiger partial charge in [0.2, 0.25) is 0 Å². The molecule has 106 valence electrons. The summed E-state index contributed by atoms with van der Waals surface area (Å²) in [6, 6.07) is 9.40. The minimum absolute atomic E-state index is 0.512. The molecule has 0 spiro atoms. The number of aromatic nitrogens is 1. The average Bonchev–Trinajstić information content (AvgIpc) is 2.93. The van der Waals surface area contributed by atoms with E-state index in [1.807, 2.05) is 17.5 Å². The van der Waals surface area contributed by atoms with Crippen LogP contribution in [0.25, 0.3) is 0 Å². The highest BCUT2D eigenvalue weighted by atomic mass is 32.1. The molecule has 0 aliphatic heterocycles. The predicted octanol–water partition coefficient (Wildman–Crippen LogP) is 4.11. The van der Waals surface area contributed by atoms with Crippen LogP contribution in [0.2, 0.25) is 0 Å². The number of rotatable bonds is 4. The van der Waals surface area contributed by atoms with Gasteiger partial charge in [-0.2, -0.15) is 0 Å². The highest BCUT2D eigenvalue weighted by Gasteiger charge is 2.23. The number of thiazole rings is 1. The summed E-state index contributed by atoms with van der Waals surface area (Å²) in [5.41, 5.74) is 3.01. The van der Waals surface area contributed by atoms with E-state index in [1.165, 1.54) is 40.3 Å². The van der Waals surface area contributed by atoms with Crippen LogP contribution in [0.5, 0.6) is 0 Å². The number of aryl methyl sites for hydroxylation is 1. The molecule has 3 heteroatoms. The maximum Gasteiger partial charge on any atom is 0.100 e. The number of fused-ring (bicyclic) bond motifs is 1. The molecule has 1 atom stereocenters. The minimum Gasteiger partial charge on any atom is -0.310 e. The molecule has 1 unspecified atom stereocenters. The van der Waals surface area contributed by atoms with Gasteiger partial charge in [-0.3, -0.25) is 0 Å². The number of hydrogen-bond acceptors (Lipinski definition) is 3. The Kier molecular flexibility index (Phi) is 4.18. The summed E-state index contributed by atoms with van der Waals surface area (Å²) in [5, 5.41) is 4.76. The Morgan fingerprint density at radius 1 is 1.35 bits per heavy atom. The van der Waals surface area contributed by atoms with Crippen molar-refractivity contribution in [3.8, 4) is 0 Å². The van der Waals surface area contributed by atoms with Crippen molar-refractivity contribution in [2.24, 2.45) is 0 Å². The molecule has 0 amide bonds. The smallest absolute Gasteiger partial charge is 0.100 e. The Balaban J connectivity index is 1.80. The molecule has 1 N–H and O–H groups in total. The first kappa shape index (κ1) is 13.8. The van der Waals surface area contributed by atoms with Crippen molar-refractivity contribution in [2.45, 2.75) is 51.6 Å². The van der Waals surface area contributed by atoms with Gasteiger partial charge in [0.05, 0.1) is 0 Å². The van der Waals surface area contributed by atoms with Gasteiger partial charge < -0.3 is 5.32 Å². The SMILES string of the molecule is CC(C)NCc1cnc(C2CCCc3ccccc32)s1. The topological polar surface area (TPSA) is 24.9 Å². The first-order chi connectivity index (χ1) is 9.74. The van der Waals surface area contributed by atoms with Crippen LogP contribution in [-0.4, -0.2) is 11.0 Å². The van der Waals surface area contributed by atoms with E-state index in [4.69, 9.17) is 4.98 Å². The molecule has 2 nitrogen and oxygen atoms in total. The molecule has 1 aliphatic rings. The Morgan fingerprint density at radius 2 is 2.20 bits per heavy atom. The summed E-state index contributed by atoms with van der Waals surface area (Å²) in [6.07, 6.45) is 5.79. The van der Waals surface area contributed by atoms with Gasteiger partial charge in [-0.05, 0) is 30.4 Å². The van der Waals surface area contributed by atoms with Crippen molar-refractivity contribution in [3.05, 3.63) is 51.5 Å². The van der Waals surface area contributed by atoms with Gasteiger partial charge in [-0.1, -0.05) is 38.1 Å². The fourth-order valence-electron chi connectivity index (χ4n) is 2.88. The summed E-state index contributed by atoms with van der Waals surface area (Å²) >= 11 is 1.87. The van der Waals surface area contributed by atoms with E-state index < -0.39 is 0 Å². The lowest BCUT2D eigenvalue weighted by Gasteiger charge is -2.23. The normalized spacial score (nSPS) is 18.2. The third-order valence-electron chi connectivity index (χ3n) is 3.92.